The van der Waals surface area contributed by atoms with Gasteiger partial charge in [-0.1, -0.05) is 26.0 Å². The van der Waals surface area contributed by atoms with Crippen molar-refractivity contribution in [2.24, 2.45) is 5.92 Å². The van der Waals surface area contributed by atoms with Gasteiger partial charge in [-0.2, -0.15) is 0 Å². The Morgan fingerprint density at radius 3 is 2.04 bits per heavy atom. The Bertz CT molecular complexity index is 683. The topological polar surface area (TPSA) is 47.6 Å². The number of hydrogen-bond acceptors (Lipinski definition) is 3. The van der Waals surface area contributed by atoms with Crippen LogP contribution in [-0.4, -0.2) is 19.1 Å². The molecule has 2 atom stereocenters. The van der Waals surface area contributed by atoms with E-state index in [4.69, 9.17) is 9.47 Å². The molecule has 0 saturated heterocycles. The van der Waals surface area contributed by atoms with E-state index in [1.807, 2.05) is 38.1 Å². The summed E-state index contributed by atoms with van der Waals surface area (Å²) in [5, 5.41) is 3.02. The van der Waals surface area contributed by atoms with Gasteiger partial charge in [0.25, 0.3) is 5.91 Å². The number of ether oxygens (including phenoxy) is 2. The molecule has 0 unspecified atom stereocenters. The highest BCUT2D eigenvalue weighted by Gasteiger charge is 2.22. The maximum Gasteiger partial charge on any atom is 0.261 e. The van der Waals surface area contributed by atoms with Gasteiger partial charge in [-0.05, 0) is 54.8 Å². The average molecular weight is 345 g/mol. The maximum atomic E-state index is 12.9. The molecule has 0 aliphatic heterocycles. The van der Waals surface area contributed by atoms with Crippen molar-refractivity contribution in [1.82, 2.24) is 5.32 Å². The highest BCUT2D eigenvalue weighted by atomic mass is 19.1. The first-order valence-electron chi connectivity index (χ1n) is 8.27. The Kier molecular flexibility index (Phi) is 6.39. The predicted molar refractivity (Wildman–Crippen MR) is 95.2 cm³/mol. The van der Waals surface area contributed by atoms with Crippen molar-refractivity contribution in [1.29, 1.82) is 0 Å². The Morgan fingerprint density at radius 2 is 1.52 bits per heavy atom. The van der Waals surface area contributed by atoms with Gasteiger partial charge in [-0.3, -0.25) is 4.79 Å². The monoisotopic (exact) mass is 345 g/mol. The minimum absolute atomic E-state index is 0.141. The number of nitrogens with one attached hydrogen (secondary N) is 1. The van der Waals surface area contributed by atoms with Gasteiger partial charge in [-0.25, -0.2) is 4.39 Å². The normalized spacial score (nSPS) is 13.2. The summed E-state index contributed by atoms with van der Waals surface area (Å²) < 4.78 is 23.7. The standard InChI is InChI=1S/C20H24FNO3/c1-13(2)19(15-5-9-17(24-4)10-6-15)22-20(23)14(3)25-18-11-7-16(21)8-12-18/h5-14,19H,1-4H3,(H,22,23)/t14-,19+/m0/s1. The van der Waals surface area contributed by atoms with E-state index >= 15 is 0 Å². The Balaban J connectivity index is 2.04. The molecule has 0 aromatic heterocycles. The molecular weight excluding hydrogens is 321 g/mol. The summed E-state index contributed by atoms with van der Waals surface area (Å²) in [5.74, 6) is 0.859. The molecule has 2 aromatic carbocycles. The van der Waals surface area contributed by atoms with Gasteiger partial charge in [0.2, 0.25) is 0 Å². The number of halogens is 1. The van der Waals surface area contributed by atoms with Crippen LogP contribution < -0.4 is 14.8 Å². The van der Waals surface area contributed by atoms with Gasteiger partial charge in [0, 0.05) is 0 Å². The zero-order valence-electron chi connectivity index (χ0n) is 15.0. The van der Waals surface area contributed by atoms with Crippen LogP contribution in [0.25, 0.3) is 0 Å². The Labute approximate surface area is 148 Å². The number of rotatable bonds is 7. The van der Waals surface area contributed by atoms with Gasteiger partial charge < -0.3 is 14.8 Å². The summed E-state index contributed by atoms with van der Waals surface area (Å²) >= 11 is 0. The van der Waals surface area contributed by atoms with Gasteiger partial charge in [0.15, 0.2) is 6.10 Å². The maximum absolute atomic E-state index is 12.9. The van der Waals surface area contributed by atoms with E-state index in [1.165, 1.54) is 24.3 Å². The summed E-state index contributed by atoms with van der Waals surface area (Å²) in [4.78, 5) is 12.5. The van der Waals surface area contributed by atoms with E-state index in [-0.39, 0.29) is 23.7 Å². The van der Waals surface area contributed by atoms with E-state index in [0.29, 0.717) is 5.75 Å². The van der Waals surface area contributed by atoms with Crippen molar-refractivity contribution >= 4 is 5.91 Å². The van der Waals surface area contributed by atoms with Crippen LogP contribution in [0.2, 0.25) is 0 Å². The lowest BCUT2D eigenvalue weighted by molar-refractivity contribution is -0.128. The number of carbonyl (C=O) groups is 1. The number of carbonyl (C=O) groups excluding carboxylic acids is 1. The molecule has 2 rings (SSSR count). The van der Waals surface area contributed by atoms with Crippen LogP contribution in [0, 0.1) is 11.7 Å². The van der Waals surface area contributed by atoms with Crippen molar-refractivity contribution in [3.8, 4) is 11.5 Å². The summed E-state index contributed by atoms with van der Waals surface area (Å²) in [6, 6.07) is 13.1. The molecule has 0 bridgehead atoms. The second-order valence-electron chi connectivity index (χ2n) is 6.22. The quantitative estimate of drug-likeness (QED) is 0.821. The van der Waals surface area contributed by atoms with Crippen molar-refractivity contribution in [2.75, 3.05) is 7.11 Å². The minimum atomic E-state index is -0.690. The zero-order valence-corrected chi connectivity index (χ0v) is 15.0. The molecule has 5 heteroatoms. The van der Waals surface area contributed by atoms with Crippen molar-refractivity contribution < 1.29 is 18.7 Å². The van der Waals surface area contributed by atoms with E-state index in [0.717, 1.165) is 11.3 Å². The molecule has 1 amide bonds. The van der Waals surface area contributed by atoms with E-state index in [2.05, 4.69) is 5.32 Å². The number of hydrogen-bond donors (Lipinski definition) is 1. The van der Waals surface area contributed by atoms with Gasteiger partial charge >= 0.3 is 0 Å². The first-order chi connectivity index (χ1) is 11.9. The lowest BCUT2D eigenvalue weighted by Crippen LogP contribution is -2.40. The smallest absolute Gasteiger partial charge is 0.261 e. The third-order valence-electron chi connectivity index (χ3n) is 3.94. The fourth-order valence-corrected chi connectivity index (χ4v) is 2.49. The molecule has 0 radical (unpaired) electrons. The van der Waals surface area contributed by atoms with Crippen LogP contribution in [0.4, 0.5) is 4.39 Å². The number of amides is 1. The molecule has 0 fully saturated rings. The van der Waals surface area contributed by atoms with Gasteiger partial charge in [0.1, 0.15) is 17.3 Å². The second kappa shape index (κ2) is 8.51. The largest absolute Gasteiger partial charge is 0.497 e. The third-order valence-corrected chi connectivity index (χ3v) is 3.94. The molecule has 134 valence electrons. The number of methoxy groups -OCH3 is 1. The van der Waals surface area contributed by atoms with Crippen LogP contribution in [-0.2, 0) is 4.79 Å². The average Bonchev–Trinajstić information content (AvgIpc) is 2.61. The molecule has 0 spiro atoms. The third kappa shape index (κ3) is 5.21. The molecular formula is C20H24FNO3. The van der Waals surface area contributed by atoms with E-state index in [9.17, 15) is 9.18 Å². The van der Waals surface area contributed by atoms with Crippen molar-refractivity contribution in [3.05, 3.63) is 59.9 Å². The van der Waals surface area contributed by atoms with Gasteiger partial charge in [0.05, 0.1) is 13.2 Å². The SMILES string of the molecule is COc1ccc([C@H](NC(=O)[C@H](C)Oc2ccc(F)cc2)C(C)C)cc1. The molecule has 1 N–H and O–H groups in total. The summed E-state index contributed by atoms with van der Waals surface area (Å²) in [6.07, 6.45) is -0.690. The van der Waals surface area contributed by atoms with E-state index < -0.39 is 6.10 Å². The molecule has 0 saturated carbocycles. The summed E-state index contributed by atoms with van der Waals surface area (Å²) in [7, 11) is 1.62. The lowest BCUT2D eigenvalue weighted by Gasteiger charge is -2.25. The van der Waals surface area contributed by atoms with Crippen LogP contribution in [0.3, 0.4) is 0 Å². The molecule has 0 aliphatic rings. The molecule has 2 aromatic rings. The first-order valence-corrected chi connectivity index (χ1v) is 8.27. The fourth-order valence-electron chi connectivity index (χ4n) is 2.49. The molecule has 25 heavy (non-hydrogen) atoms. The zero-order chi connectivity index (χ0) is 18.4. The van der Waals surface area contributed by atoms with Crippen LogP contribution >= 0.6 is 0 Å². The molecule has 4 nitrogen and oxygen atoms in total. The minimum Gasteiger partial charge on any atom is -0.497 e. The Morgan fingerprint density at radius 1 is 0.960 bits per heavy atom. The molecule has 0 heterocycles. The second-order valence-corrected chi connectivity index (χ2v) is 6.22. The first kappa shape index (κ1) is 18.8. The van der Waals surface area contributed by atoms with Crippen LogP contribution in [0.1, 0.15) is 32.4 Å². The van der Waals surface area contributed by atoms with Crippen molar-refractivity contribution in [2.45, 2.75) is 32.9 Å². The number of benzene rings is 2. The summed E-state index contributed by atoms with van der Waals surface area (Å²) in [5.41, 5.74) is 0.998. The Hall–Kier alpha value is -2.56. The van der Waals surface area contributed by atoms with Crippen LogP contribution in [0.15, 0.2) is 48.5 Å². The van der Waals surface area contributed by atoms with E-state index in [1.54, 1.807) is 14.0 Å². The predicted octanol–water partition coefficient (Wildman–Crippen LogP) is 4.12. The summed E-state index contributed by atoms with van der Waals surface area (Å²) in [6.45, 7) is 5.76. The van der Waals surface area contributed by atoms with Gasteiger partial charge in [-0.15, -0.1) is 0 Å². The lowest BCUT2D eigenvalue weighted by atomic mass is 9.95. The fraction of sp³-hybridized carbons (Fsp3) is 0.350. The molecule has 0 aliphatic carbocycles. The highest BCUT2D eigenvalue weighted by molar-refractivity contribution is 5.81. The van der Waals surface area contributed by atoms with Crippen LogP contribution in [0.5, 0.6) is 11.5 Å². The highest BCUT2D eigenvalue weighted by Crippen LogP contribution is 2.24. The van der Waals surface area contributed by atoms with Crippen molar-refractivity contribution in [3.63, 3.8) is 0 Å².